The van der Waals surface area contributed by atoms with Crippen LogP contribution < -0.4 is 15.5 Å². The molecule has 4 rings (SSSR count). The Kier molecular flexibility index (Phi) is 8.04. The Morgan fingerprint density at radius 2 is 1.74 bits per heavy atom. The number of nitrogens with zero attached hydrogens (tertiary/aromatic N) is 2. The number of hydrogen-bond acceptors (Lipinski definition) is 8. The Morgan fingerprint density at radius 3 is 2.45 bits per heavy atom. The van der Waals surface area contributed by atoms with Gasteiger partial charge in [0.05, 0.1) is 28.7 Å². The minimum absolute atomic E-state index is 0.0245. The Balaban J connectivity index is 1.46. The second kappa shape index (κ2) is 11.8. The van der Waals surface area contributed by atoms with Gasteiger partial charge in [-0.15, -0.1) is 0 Å². The summed E-state index contributed by atoms with van der Waals surface area (Å²) >= 11 is 3.34. The van der Waals surface area contributed by atoms with Crippen LogP contribution >= 0.6 is 15.9 Å². The van der Waals surface area contributed by atoms with E-state index in [1.54, 1.807) is 36.4 Å². The third-order valence-electron chi connectivity index (χ3n) is 5.03. The van der Waals surface area contributed by atoms with E-state index in [1.807, 2.05) is 0 Å². The van der Waals surface area contributed by atoms with E-state index in [1.165, 1.54) is 54.9 Å². The number of hydrazone groups is 1. The molecule has 3 aromatic carbocycles. The van der Waals surface area contributed by atoms with Gasteiger partial charge in [0, 0.05) is 27.7 Å². The van der Waals surface area contributed by atoms with E-state index in [2.05, 4.69) is 31.8 Å². The van der Waals surface area contributed by atoms with Crippen LogP contribution in [0.25, 0.3) is 0 Å². The van der Waals surface area contributed by atoms with Crippen molar-refractivity contribution in [2.75, 3.05) is 5.32 Å². The lowest BCUT2D eigenvalue weighted by Crippen LogP contribution is -2.21. The van der Waals surface area contributed by atoms with E-state index in [0.717, 1.165) is 0 Å². The number of nitro groups is 1. The lowest BCUT2D eigenvalue weighted by molar-refractivity contribution is -0.384. The van der Waals surface area contributed by atoms with Crippen molar-refractivity contribution in [3.05, 3.63) is 122 Å². The topological polar surface area (TPSA) is 153 Å². The summed E-state index contributed by atoms with van der Waals surface area (Å²) in [4.78, 5) is 47.9. The van der Waals surface area contributed by atoms with Crippen molar-refractivity contribution in [3.63, 3.8) is 0 Å². The molecule has 0 radical (unpaired) electrons. The Bertz CT molecular complexity index is 1530. The summed E-state index contributed by atoms with van der Waals surface area (Å²) in [6.07, 6.45) is 2.65. The van der Waals surface area contributed by atoms with Crippen LogP contribution in [0, 0.1) is 10.1 Å². The van der Waals surface area contributed by atoms with Crippen LogP contribution in [0.1, 0.15) is 36.8 Å². The second-order valence-corrected chi connectivity index (χ2v) is 8.47. The summed E-state index contributed by atoms with van der Waals surface area (Å²) in [5, 5.41) is 17.4. The Morgan fingerprint density at radius 1 is 0.974 bits per heavy atom. The standard InChI is InChI=1S/C26H17BrN4O7/c27-18-9-12-22(38-26(34)23-6-3-13-37-23)17(14-18)15-28-30-25(33)20-4-1-2-5-21(20)29-24(32)16-7-10-19(11-8-16)31(35)36/h1-15H,(H,29,32)(H,30,33)/b28-15-. The zero-order chi connectivity index (χ0) is 27.1. The fraction of sp³-hybridized carbons (Fsp3) is 0. The number of amides is 2. The number of furan rings is 1. The lowest BCUT2D eigenvalue weighted by atomic mass is 10.1. The SMILES string of the molecule is O=C(Nc1ccccc1C(=O)N/N=C\c1cc(Br)ccc1OC(=O)c1ccco1)c1ccc([N+](=O)[O-])cc1. The van der Waals surface area contributed by atoms with Gasteiger partial charge in [0.15, 0.2) is 0 Å². The molecule has 0 bridgehead atoms. The van der Waals surface area contributed by atoms with Crippen LogP contribution in [-0.2, 0) is 0 Å². The van der Waals surface area contributed by atoms with Gasteiger partial charge in [0.2, 0.25) is 5.76 Å². The van der Waals surface area contributed by atoms with E-state index < -0.39 is 22.7 Å². The molecule has 2 amide bonds. The molecule has 12 heteroatoms. The number of non-ortho nitro benzene ring substituents is 1. The molecule has 0 unspecified atom stereocenters. The van der Waals surface area contributed by atoms with Gasteiger partial charge in [-0.1, -0.05) is 28.1 Å². The third kappa shape index (κ3) is 6.36. The molecular weight excluding hydrogens is 560 g/mol. The van der Waals surface area contributed by atoms with Crippen molar-refractivity contribution in [1.29, 1.82) is 0 Å². The van der Waals surface area contributed by atoms with Crippen molar-refractivity contribution in [3.8, 4) is 5.75 Å². The van der Waals surface area contributed by atoms with Crippen LogP contribution in [0.15, 0.2) is 99.1 Å². The summed E-state index contributed by atoms with van der Waals surface area (Å²) in [7, 11) is 0. The predicted molar refractivity (Wildman–Crippen MR) is 140 cm³/mol. The monoisotopic (exact) mass is 576 g/mol. The molecule has 0 spiro atoms. The number of benzene rings is 3. The highest BCUT2D eigenvalue weighted by Gasteiger charge is 2.16. The van der Waals surface area contributed by atoms with Gasteiger partial charge in [-0.3, -0.25) is 19.7 Å². The fourth-order valence-corrected chi connectivity index (χ4v) is 3.58. The van der Waals surface area contributed by atoms with Crippen LogP contribution in [0.3, 0.4) is 0 Å². The number of anilines is 1. The zero-order valence-electron chi connectivity index (χ0n) is 19.3. The Labute approximate surface area is 223 Å². The summed E-state index contributed by atoms with van der Waals surface area (Å²) < 4.78 is 11.1. The molecule has 38 heavy (non-hydrogen) atoms. The first-order chi connectivity index (χ1) is 18.3. The summed E-state index contributed by atoms with van der Waals surface area (Å²) in [6, 6.07) is 19.2. The fourth-order valence-electron chi connectivity index (χ4n) is 3.20. The number of nitrogens with one attached hydrogen (secondary N) is 2. The molecule has 11 nitrogen and oxygen atoms in total. The normalized spacial score (nSPS) is 10.7. The largest absolute Gasteiger partial charge is 0.457 e. The van der Waals surface area contributed by atoms with Gasteiger partial charge in [0.25, 0.3) is 17.5 Å². The number of hydrogen-bond donors (Lipinski definition) is 2. The maximum absolute atomic E-state index is 12.8. The molecule has 2 N–H and O–H groups in total. The number of rotatable bonds is 8. The maximum atomic E-state index is 12.8. The second-order valence-electron chi connectivity index (χ2n) is 7.55. The molecule has 190 valence electrons. The highest BCUT2D eigenvalue weighted by molar-refractivity contribution is 9.10. The van der Waals surface area contributed by atoms with Crippen molar-refractivity contribution >= 4 is 51.3 Å². The van der Waals surface area contributed by atoms with Gasteiger partial charge in [-0.25, -0.2) is 10.2 Å². The van der Waals surface area contributed by atoms with Crippen LogP contribution in [0.4, 0.5) is 11.4 Å². The maximum Gasteiger partial charge on any atom is 0.379 e. The van der Waals surface area contributed by atoms with E-state index in [0.29, 0.717) is 10.0 Å². The van der Waals surface area contributed by atoms with Gasteiger partial charge in [0.1, 0.15) is 5.75 Å². The number of carbonyl (C=O) groups is 3. The van der Waals surface area contributed by atoms with Crippen LogP contribution in [0.5, 0.6) is 5.75 Å². The van der Waals surface area contributed by atoms with Crippen LogP contribution in [-0.4, -0.2) is 28.9 Å². The molecule has 0 fully saturated rings. The van der Waals surface area contributed by atoms with Crippen molar-refractivity contribution in [1.82, 2.24) is 5.43 Å². The quantitative estimate of drug-likeness (QED) is 0.0961. The molecule has 0 aliphatic rings. The minimum atomic E-state index is -0.700. The lowest BCUT2D eigenvalue weighted by Gasteiger charge is -2.10. The number of para-hydroxylation sites is 1. The summed E-state index contributed by atoms with van der Waals surface area (Å²) in [6.45, 7) is 0. The summed E-state index contributed by atoms with van der Waals surface area (Å²) in [5.41, 5.74) is 3.12. The predicted octanol–water partition coefficient (Wildman–Crippen LogP) is 5.19. The van der Waals surface area contributed by atoms with Crippen molar-refractivity contribution in [2.24, 2.45) is 5.10 Å². The third-order valence-corrected chi connectivity index (χ3v) is 5.52. The zero-order valence-corrected chi connectivity index (χ0v) is 20.9. The number of ether oxygens (including phenoxy) is 1. The molecule has 0 aliphatic heterocycles. The molecule has 0 saturated heterocycles. The highest BCUT2D eigenvalue weighted by atomic mass is 79.9. The van der Waals surface area contributed by atoms with Gasteiger partial charge < -0.3 is 14.5 Å². The molecule has 0 saturated carbocycles. The number of halogens is 1. The summed E-state index contributed by atoms with van der Waals surface area (Å²) in [5.74, 6) is -1.67. The Hall–Kier alpha value is -5.10. The van der Waals surface area contributed by atoms with E-state index >= 15 is 0 Å². The number of esters is 1. The number of carbonyl (C=O) groups excluding carboxylic acids is 3. The first-order valence-corrected chi connectivity index (χ1v) is 11.6. The molecule has 0 atom stereocenters. The highest BCUT2D eigenvalue weighted by Crippen LogP contribution is 2.23. The van der Waals surface area contributed by atoms with Gasteiger partial charge in [-0.2, -0.15) is 5.10 Å². The molecule has 1 aromatic heterocycles. The van der Waals surface area contributed by atoms with Crippen LogP contribution in [0.2, 0.25) is 0 Å². The van der Waals surface area contributed by atoms with E-state index in [9.17, 15) is 24.5 Å². The van der Waals surface area contributed by atoms with Gasteiger partial charge >= 0.3 is 5.97 Å². The van der Waals surface area contributed by atoms with Crippen molar-refractivity contribution < 1.29 is 28.5 Å². The molecular formula is C26H17BrN4O7. The molecule has 4 aromatic rings. The van der Waals surface area contributed by atoms with Crippen molar-refractivity contribution in [2.45, 2.75) is 0 Å². The first-order valence-electron chi connectivity index (χ1n) is 10.9. The van der Waals surface area contributed by atoms with E-state index in [-0.39, 0.29) is 34.0 Å². The minimum Gasteiger partial charge on any atom is -0.457 e. The molecule has 0 aliphatic carbocycles. The first kappa shape index (κ1) is 26.0. The smallest absolute Gasteiger partial charge is 0.379 e. The van der Waals surface area contributed by atoms with Gasteiger partial charge in [-0.05, 0) is 54.6 Å². The average Bonchev–Trinajstić information content (AvgIpc) is 3.46. The number of nitro benzene ring substituents is 1. The molecule has 1 heterocycles. The average molecular weight is 577 g/mol. The van der Waals surface area contributed by atoms with E-state index in [4.69, 9.17) is 9.15 Å².